The lowest BCUT2D eigenvalue weighted by Crippen LogP contribution is -2.40. The molecule has 1 heterocycles. The first-order valence-electron chi connectivity index (χ1n) is 7.19. The summed E-state index contributed by atoms with van der Waals surface area (Å²) in [4.78, 5) is 12.0. The van der Waals surface area contributed by atoms with Crippen molar-refractivity contribution in [2.75, 3.05) is 6.54 Å². The zero-order chi connectivity index (χ0) is 12.7. The van der Waals surface area contributed by atoms with E-state index in [0.717, 1.165) is 19.4 Å². The molecule has 0 aromatic rings. The highest BCUT2D eigenvalue weighted by Gasteiger charge is 2.29. The molecule has 3 unspecified atom stereocenters. The Balaban J connectivity index is 2.16. The molecule has 3 heteroatoms. The minimum atomic E-state index is 0.174. The summed E-state index contributed by atoms with van der Waals surface area (Å²) in [5.41, 5.74) is 0. The molecule has 0 saturated carbocycles. The van der Waals surface area contributed by atoms with Gasteiger partial charge in [-0.25, -0.2) is 0 Å². The Kier molecular flexibility index (Phi) is 6.56. The highest BCUT2D eigenvalue weighted by molar-refractivity contribution is 5.79. The second-order valence-electron chi connectivity index (χ2n) is 5.40. The predicted octanol–water partition coefficient (Wildman–Crippen LogP) is 2.46. The maximum absolute atomic E-state index is 12.0. The van der Waals surface area contributed by atoms with Crippen LogP contribution < -0.4 is 10.6 Å². The smallest absolute Gasteiger partial charge is 0.224 e. The minimum Gasteiger partial charge on any atom is -0.353 e. The van der Waals surface area contributed by atoms with Crippen molar-refractivity contribution >= 4 is 5.91 Å². The summed E-state index contributed by atoms with van der Waals surface area (Å²) in [5.74, 6) is 0.415. The molecular weight excluding hydrogens is 212 g/mol. The fourth-order valence-electron chi connectivity index (χ4n) is 2.52. The van der Waals surface area contributed by atoms with Gasteiger partial charge in [-0.3, -0.25) is 4.79 Å². The molecule has 0 spiro atoms. The number of carbonyl (C=O) groups is 1. The number of hydrogen-bond acceptors (Lipinski definition) is 2. The third kappa shape index (κ3) is 5.07. The molecule has 1 aliphatic heterocycles. The van der Waals surface area contributed by atoms with Crippen LogP contribution in [0.15, 0.2) is 0 Å². The Morgan fingerprint density at radius 3 is 2.76 bits per heavy atom. The molecule has 0 aromatic heterocycles. The largest absolute Gasteiger partial charge is 0.353 e. The molecule has 0 radical (unpaired) electrons. The molecule has 3 nitrogen and oxygen atoms in total. The Bertz CT molecular complexity index is 230. The molecule has 1 aliphatic rings. The van der Waals surface area contributed by atoms with Gasteiger partial charge in [0.05, 0.1) is 5.92 Å². The van der Waals surface area contributed by atoms with E-state index in [2.05, 4.69) is 31.4 Å². The Hall–Kier alpha value is -0.570. The third-order valence-electron chi connectivity index (χ3n) is 3.74. The van der Waals surface area contributed by atoms with Crippen LogP contribution in [-0.4, -0.2) is 24.5 Å². The lowest BCUT2D eigenvalue weighted by Gasteiger charge is -2.19. The fraction of sp³-hybridized carbons (Fsp3) is 0.929. The molecular formula is C14H28N2O. The van der Waals surface area contributed by atoms with Crippen molar-refractivity contribution in [2.24, 2.45) is 5.92 Å². The fourth-order valence-corrected chi connectivity index (χ4v) is 2.52. The van der Waals surface area contributed by atoms with Crippen LogP contribution in [0.2, 0.25) is 0 Å². The first-order chi connectivity index (χ1) is 8.15. The molecule has 0 bridgehead atoms. The second kappa shape index (κ2) is 7.70. The van der Waals surface area contributed by atoms with Crippen molar-refractivity contribution < 1.29 is 4.79 Å². The molecule has 1 amide bonds. The number of amides is 1. The molecule has 100 valence electrons. The lowest BCUT2D eigenvalue weighted by atomic mass is 10.00. The number of nitrogens with one attached hydrogen (secondary N) is 2. The molecule has 1 fully saturated rings. The topological polar surface area (TPSA) is 41.1 Å². The van der Waals surface area contributed by atoms with Crippen LogP contribution in [0, 0.1) is 5.92 Å². The standard InChI is InChI=1S/C14H28N2O/c1-4-5-6-7-8-11(2)16-14(17)13-9-10-15-12(13)3/h11-13,15H,4-10H2,1-3H3,(H,16,17). The van der Waals surface area contributed by atoms with Gasteiger partial charge in [-0.1, -0.05) is 32.6 Å². The van der Waals surface area contributed by atoms with E-state index in [4.69, 9.17) is 0 Å². The van der Waals surface area contributed by atoms with E-state index in [1.807, 2.05) is 0 Å². The van der Waals surface area contributed by atoms with E-state index in [1.165, 1.54) is 25.7 Å². The van der Waals surface area contributed by atoms with E-state index >= 15 is 0 Å². The van der Waals surface area contributed by atoms with Gasteiger partial charge >= 0.3 is 0 Å². The first kappa shape index (κ1) is 14.5. The van der Waals surface area contributed by atoms with Crippen molar-refractivity contribution in [3.63, 3.8) is 0 Å². The zero-order valence-electron chi connectivity index (χ0n) is 11.6. The van der Waals surface area contributed by atoms with Crippen molar-refractivity contribution in [3.05, 3.63) is 0 Å². The van der Waals surface area contributed by atoms with Gasteiger partial charge in [-0.15, -0.1) is 0 Å². The third-order valence-corrected chi connectivity index (χ3v) is 3.74. The van der Waals surface area contributed by atoms with Crippen LogP contribution in [0.5, 0.6) is 0 Å². The molecule has 17 heavy (non-hydrogen) atoms. The second-order valence-corrected chi connectivity index (χ2v) is 5.40. The average Bonchev–Trinajstić information content (AvgIpc) is 2.71. The predicted molar refractivity (Wildman–Crippen MR) is 71.9 cm³/mol. The zero-order valence-corrected chi connectivity index (χ0v) is 11.6. The average molecular weight is 240 g/mol. The molecule has 0 aromatic carbocycles. The van der Waals surface area contributed by atoms with Crippen LogP contribution in [-0.2, 0) is 4.79 Å². The summed E-state index contributed by atoms with van der Waals surface area (Å²) >= 11 is 0. The van der Waals surface area contributed by atoms with Crippen molar-refractivity contribution in [1.82, 2.24) is 10.6 Å². The summed E-state index contributed by atoms with van der Waals surface area (Å²) in [6, 6.07) is 0.662. The summed E-state index contributed by atoms with van der Waals surface area (Å²) in [5, 5.41) is 6.47. The number of hydrogen-bond donors (Lipinski definition) is 2. The molecule has 1 rings (SSSR count). The van der Waals surface area contributed by atoms with Crippen molar-refractivity contribution in [1.29, 1.82) is 0 Å². The number of carbonyl (C=O) groups excluding carboxylic acids is 1. The van der Waals surface area contributed by atoms with E-state index < -0.39 is 0 Å². The molecule has 2 N–H and O–H groups in total. The summed E-state index contributed by atoms with van der Waals surface area (Å²) in [7, 11) is 0. The van der Waals surface area contributed by atoms with Crippen LogP contribution in [0.25, 0.3) is 0 Å². The van der Waals surface area contributed by atoms with Gasteiger partial charge in [0.2, 0.25) is 5.91 Å². The minimum absolute atomic E-state index is 0.174. The highest BCUT2D eigenvalue weighted by Crippen LogP contribution is 2.15. The van der Waals surface area contributed by atoms with Crippen LogP contribution in [0.3, 0.4) is 0 Å². The van der Waals surface area contributed by atoms with Gasteiger partial charge in [0, 0.05) is 12.1 Å². The quantitative estimate of drug-likeness (QED) is 0.671. The monoisotopic (exact) mass is 240 g/mol. The van der Waals surface area contributed by atoms with Gasteiger partial charge in [-0.05, 0) is 33.2 Å². The van der Waals surface area contributed by atoms with Crippen LogP contribution in [0.4, 0.5) is 0 Å². The maximum atomic E-state index is 12.0. The van der Waals surface area contributed by atoms with Gasteiger partial charge < -0.3 is 10.6 Å². The van der Waals surface area contributed by atoms with E-state index in [1.54, 1.807) is 0 Å². The molecule has 3 atom stereocenters. The number of rotatable bonds is 7. The van der Waals surface area contributed by atoms with E-state index in [-0.39, 0.29) is 11.8 Å². The lowest BCUT2D eigenvalue weighted by molar-refractivity contribution is -0.125. The van der Waals surface area contributed by atoms with E-state index in [0.29, 0.717) is 12.1 Å². The van der Waals surface area contributed by atoms with Crippen LogP contribution in [0.1, 0.15) is 59.3 Å². The maximum Gasteiger partial charge on any atom is 0.224 e. The van der Waals surface area contributed by atoms with Crippen molar-refractivity contribution in [2.45, 2.75) is 71.4 Å². The summed E-state index contributed by atoms with van der Waals surface area (Å²) in [6.07, 6.45) is 7.19. The van der Waals surface area contributed by atoms with Gasteiger partial charge in [0.15, 0.2) is 0 Å². The van der Waals surface area contributed by atoms with E-state index in [9.17, 15) is 4.79 Å². The Labute approximate surface area is 106 Å². The molecule has 0 aliphatic carbocycles. The SMILES string of the molecule is CCCCCCC(C)NC(=O)C1CCNC1C. The Morgan fingerprint density at radius 1 is 1.41 bits per heavy atom. The molecule has 1 saturated heterocycles. The number of unbranched alkanes of at least 4 members (excludes halogenated alkanes) is 3. The summed E-state index contributed by atoms with van der Waals surface area (Å²) in [6.45, 7) is 7.42. The highest BCUT2D eigenvalue weighted by atomic mass is 16.2. The normalized spacial score (nSPS) is 25.8. The van der Waals surface area contributed by atoms with Gasteiger partial charge in [0.25, 0.3) is 0 Å². The summed E-state index contributed by atoms with van der Waals surface area (Å²) < 4.78 is 0. The van der Waals surface area contributed by atoms with Crippen LogP contribution >= 0.6 is 0 Å². The Morgan fingerprint density at radius 2 is 2.18 bits per heavy atom. The van der Waals surface area contributed by atoms with Gasteiger partial charge in [0.1, 0.15) is 0 Å². The van der Waals surface area contributed by atoms with Crippen molar-refractivity contribution in [3.8, 4) is 0 Å². The first-order valence-corrected chi connectivity index (χ1v) is 7.19. The van der Waals surface area contributed by atoms with Gasteiger partial charge in [-0.2, -0.15) is 0 Å².